The number of hydrogen-bond acceptors (Lipinski definition) is 4. The minimum atomic E-state index is -0.173. The van der Waals surface area contributed by atoms with Crippen LogP contribution >= 0.6 is 27.3 Å². The summed E-state index contributed by atoms with van der Waals surface area (Å²) in [6, 6.07) is 10.9. The first-order valence-corrected chi connectivity index (χ1v) is 8.79. The molecule has 5 nitrogen and oxygen atoms in total. The Kier molecular flexibility index (Phi) is 4.64. The summed E-state index contributed by atoms with van der Waals surface area (Å²) in [6.07, 6.45) is 0. The minimum Gasteiger partial charge on any atom is -0.322 e. The molecule has 0 aliphatic rings. The number of carbonyl (C=O) groups excluding carboxylic acids is 2. The monoisotopic (exact) mass is 403 g/mol. The number of carbonyl (C=O) groups is 2. The number of hydrogen-bond donors (Lipinski definition) is 2. The molecule has 0 bridgehead atoms. The van der Waals surface area contributed by atoms with Gasteiger partial charge in [0.2, 0.25) is 5.91 Å². The molecule has 3 aromatic rings. The van der Waals surface area contributed by atoms with Crippen LogP contribution in [0.2, 0.25) is 0 Å². The summed E-state index contributed by atoms with van der Waals surface area (Å²) in [4.78, 5) is 27.9. The first-order valence-electron chi connectivity index (χ1n) is 7.18. The van der Waals surface area contributed by atoms with Gasteiger partial charge in [-0.25, -0.2) is 4.98 Å². The number of amides is 2. The molecule has 0 radical (unpaired) electrons. The van der Waals surface area contributed by atoms with Gasteiger partial charge in [0, 0.05) is 22.6 Å². The van der Waals surface area contributed by atoms with Crippen molar-refractivity contribution >= 4 is 60.1 Å². The van der Waals surface area contributed by atoms with Crippen LogP contribution < -0.4 is 10.6 Å². The van der Waals surface area contributed by atoms with Gasteiger partial charge in [-0.15, -0.1) is 0 Å². The Morgan fingerprint density at radius 2 is 1.83 bits per heavy atom. The smallest absolute Gasteiger partial charge is 0.255 e. The maximum Gasteiger partial charge on any atom is 0.255 e. The van der Waals surface area contributed by atoms with Gasteiger partial charge < -0.3 is 10.6 Å². The van der Waals surface area contributed by atoms with Gasteiger partial charge >= 0.3 is 0 Å². The summed E-state index contributed by atoms with van der Waals surface area (Å²) >= 11 is 4.73. The lowest BCUT2D eigenvalue weighted by molar-refractivity contribution is -0.114. The highest BCUT2D eigenvalue weighted by Gasteiger charge is 2.11. The van der Waals surface area contributed by atoms with E-state index in [2.05, 4.69) is 31.5 Å². The molecular weight excluding hydrogens is 390 g/mol. The van der Waals surface area contributed by atoms with Gasteiger partial charge in [0.25, 0.3) is 5.91 Å². The van der Waals surface area contributed by atoms with Gasteiger partial charge in [-0.1, -0.05) is 27.3 Å². The number of fused-ring (bicyclic) bond motifs is 1. The number of rotatable bonds is 3. The van der Waals surface area contributed by atoms with Crippen molar-refractivity contribution in [3.8, 4) is 0 Å². The molecule has 2 amide bonds. The Labute approximate surface area is 151 Å². The fourth-order valence-corrected chi connectivity index (χ4v) is 3.57. The summed E-state index contributed by atoms with van der Waals surface area (Å²) in [7, 11) is 0. The third-order valence-electron chi connectivity index (χ3n) is 3.33. The second kappa shape index (κ2) is 6.70. The zero-order chi connectivity index (χ0) is 17.3. The van der Waals surface area contributed by atoms with E-state index < -0.39 is 0 Å². The largest absolute Gasteiger partial charge is 0.322 e. The molecular formula is C17H14BrN3O2S. The van der Waals surface area contributed by atoms with Crippen molar-refractivity contribution < 1.29 is 9.59 Å². The van der Waals surface area contributed by atoms with Crippen LogP contribution in [0.5, 0.6) is 0 Å². The molecule has 1 heterocycles. The minimum absolute atomic E-state index is 0.157. The first kappa shape index (κ1) is 16.6. The maximum atomic E-state index is 12.3. The Morgan fingerprint density at radius 1 is 1.12 bits per heavy atom. The highest BCUT2D eigenvalue weighted by molar-refractivity contribution is 9.10. The summed E-state index contributed by atoms with van der Waals surface area (Å²) < 4.78 is 1.83. The molecule has 0 unspecified atom stereocenters. The van der Waals surface area contributed by atoms with Crippen molar-refractivity contribution in [3.05, 3.63) is 52.0 Å². The van der Waals surface area contributed by atoms with Crippen LogP contribution in [0.4, 0.5) is 10.8 Å². The molecule has 0 atom stereocenters. The van der Waals surface area contributed by atoms with E-state index in [1.807, 2.05) is 31.2 Å². The molecule has 122 valence electrons. The quantitative estimate of drug-likeness (QED) is 0.672. The van der Waals surface area contributed by atoms with Crippen molar-refractivity contribution in [2.24, 2.45) is 0 Å². The normalized spacial score (nSPS) is 10.6. The average Bonchev–Trinajstić information content (AvgIpc) is 2.90. The van der Waals surface area contributed by atoms with Gasteiger partial charge in [0.05, 0.1) is 10.2 Å². The van der Waals surface area contributed by atoms with Crippen LogP contribution in [0.15, 0.2) is 40.9 Å². The van der Waals surface area contributed by atoms with E-state index in [4.69, 9.17) is 0 Å². The molecule has 24 heavy (non-hydrogen) atoms. The molecule has 1 aromatic heterocycles. The first-order chi connectivity index (χ1) is 11.4. The van der Waals surface area contributed by atoms with Crippen molar-refractivity contribution in [1.29, 1.82) is 0 Å². The summed E-state index contributed by atoms with van der Waals surface area (Å²) in [5, 5.41) is 6.14. The number of aromatic nitrogens is 1. The van der Waals surface area contributed by atoms with Crippen LogP contribution in [0.1, 0.15) is 22.8 Å². The predicted molar refractivity (Wildman–Crippen MR) is 101 cm³/mol. The van der Waals surface area contributed by atoms with E-state index in [-0.39, 0.29) is 11.8 Å². The molecule has 0 saturated carbocycles. The molecule has 0 aliphatic heterocycles. The van der Waals surface area contributed by atoms with Gasteiger partial charge in [-0.3, -0.25) is 9.59 Å². The SMILES string of the molecule is CC(=O)Nc1nc2c(C)cc(NC(=O)c3ccc(Br)cc3)cc2s1. The maximum absolute atomic E-state index is 12.3. The van der Waals surface area contributed by atoms with Crippen molar-refractivity contribution in [1.82, 2.24) is 4.98 Å². The highest BCUT2D eigenvalue weighted by Crippen LogP contribution is 2.31. The Balaban J connectivity index is 1.88. The molecule has 0 saturated heterocycles. The third-order valence-corrected chi connectivity index (χ3v) is 4.78. The summed E-state index contributed by atoms with van der Waals surface area (Å²) in [5.74, 6) is -0.330. The number of nitrogens with zero attached hydrogens (tertiary/aromatic N) is 1. The zero-order valence-corrected chi connectivity index (χ0v) is 15.4. The van der Waals surface area contributed by atoms with Crippen molar-refractivity contribution in [2.75, 3.05) is 10.6 Å². The number of nitrogens with one attached hydrogen (secondary N) is 2. The molecule has 0 aliphatic carbocycles. The number of benzene rings is 2. The fourth-order valence-electron chi connectivity index (χ4n) is 2.28. The molecule has 0 fully saturated rings. The number of anilines is 2. The molecule has 2 aromatic carbocycles. The van der Waals surface area contributed by atoms with E-state index in [1.54, 1.807) is 12.1 Å². The lowest BCUT2D eigenvalue weighted by Gasteiger charge is -2.07. The molecule has 3 rings (SSSR count). The number of halogens is 1. The van der Waals surface area contributed by atoms with Crippen LogP contribution in [0, 0.1) is 6.92 Å². The highest BCUT2D eigenvalue weighted by atomic mass is 79.9. The Hall–Kier alpha value is -2.25. The second-order valence-electron chi connectivity index (χ2n) is 5.30. The lowest BCUT2D eigenvalue weighted by Crippen LogP contribution is -2.11. The van der Waals surface area contributed by atoms with E-state index in [1.165, 1.54) is 18.3 Å². The summed E-state index contributed by atoms with van der Waals surface area (Å²) in [6.45, 7) is 3.37. The van der Waals surface area contributed by atoms with Crippen LogP contribution in [0.25, 0.3) is 10.2 Å². The lowest BCUT2D eigenvalue weighted by atomic mass is 10.1. The van der Waals surface area contributed by atoms with Gasteiger partial charge in [0.15, 0.2) is 5.13 Å². The van der Waals surface area contributed by atoms with Crippen LogP contribution in [-0.2, 0) is 4.79 Å². The topological polar surface area (TPSA) is 71.1 Å². The molecule has 0 spiro atoms. The number of aryl methyl sites for hydroxylation is 1. The predicted octanol–water partition coefficient (Wildman–Crippen LogP) is 4.58. The number of thiazole rings is 1. The van der Waals surface area contributed by atoms with Gasteiger partial charge in [-0.05, 0) is 48.9 Å². The van der Waals surface area contributed by atoms with Crippen LogP contribution in [0.3, 0.4) is 0 Å². The van der Waals surface area contributed by atoms with Gasteiger partial charge in [0.1, 0.15) is 0 Å². The fraction of sp³-hybridized carbons (Fsp3) is 0.118. The van der Waals surface area contributed by atoms with Crippen LogP contribution in [-0.4, -0.2) is 16.8 Å². The van der Waals surface area contributed by atoms with E-state index in [0.717, 1.165) is 20.3 Å². The Morgan fingerprint density at radius 3 is 2.50 bits per heavy atom. The average molecular weight is 404 g/mol. The zero-order valence-electron chi connectivity index (χ0n) is 13.0. The van der Waals surface area contributed by atoms with Crippen molar-refractivity contribution in [3.63, 3.8) is 0 Å². The van der Waals surface area contributed by atoms with Crippen molar-refractivity contribution in [2.45, 2.75) is 13.8 Å². The third kappa shape index (κ3) is 3.63. The molecule has 2 N–H and O–H groups in total. The summed E-state index contributed by atoms with van der Waals surface area (Å²) in [5.41, 5.74) is 3.04. The van der Waals surface area contributed by atoms with E-state index >= 15 is 0 Å². The van der Waals surface area contributed by atoms with E-state index in [9.17, 15) is 9.59 Å². The Bertz CT molecular complexity index is 935. The molecule has 7 heteroatoms. The standard InChI is InChI=1S/C17H14BrN3O2S/c1-9-7-13(20-16(23)11-3-5-12(18)6-4-11)8-14-15(9)21-17(24-14)19-10(2)22/h3-8H,1-2H3,(H,20,23)(H,19,21,22). The van der Waals surface area contributed by atoms with E-state index in [0.29, 0.717) is 16.4 Å². The van der Waals surface area contributed by atoms with Gasteiger partial charge in [-0.2, -0.15) is 0 Å². The second-order valence-corrected chi connectivity index (χ2v) is 7.25.